The smallest absolute Gasteiger partial charge is 0.168 e. The fourth-order valence-corrected chi connectivity index (χ4v) is 3.49. The molecule has 1 aliphatic carbocycles. The van der Waals surface area contributed by atoms with Crippen LogP contribution in [0.3, 0.4) is 0 Å². The van der Waals surface area contributed by atoms with E-state index in [1.165, 1.54) is 6.07 Å². The quantitative estimate of drug-likeness (QED) is 0.638. The van der Waals surface area contributed by atoms with Crippen molar-refractivity contribution in [1.82, 2.24) is 0 Å². The van der Waals surface area contributed by atoms with Gasteiger partial charge in [0, 0.05) is 10.4 Å². The normalized spacial score (nSPS) is 23.6. The van der Waals surface area contributed by atoms with E-state index >= 15 is 0 Å². The lowest BCUT2D eigenvalue weighted by Gasteiger charge is -2.36. The predicted molar refractivity (Wildman–Crippen MR) is 83.3 cm³/mol. The van der Waals surface area contributed by atoms with E-state index in [1.54, 1.807) is 12.1 Å². The molecule has 2 rings (SSSR count). The van der Waals surface area contributed by atoms with Crippen LogP contribution in [0.25, 0.3) is 0 Å². The third-order valence-corrected chi connectivity index (χ3v) is 5.01. The minimum atomic E-state index is -0.406. The molecule has 0 aliphatic heterocycles. The van der Waals surface area contributed by atoms with Crippen LogP contribution in [0.4, 0.5) is 4.39 Å². The number of hydrogen-bond donors (Lipinski definition) is 0. The van der Waals surface area contributed by atoms with Crippen LogP contribution in [-0.2, 0) is 0 Å². The maximum atomic E-state index is 13.8. The van der Waals surface area contributed by atoms with Gasteiger partial charge >= 0.3 is 0 Å². The molecule has 1 aliphatic rings. The van der Waals surface area contributed by atoms with Gasteiger partial charge in [-0.3, -0.25) is 4.79 Å². The minimum absolute atomic E-state index is 0.0163. The van der Waals surface area contributed by atoms with Crippen LogP contribution >= 0.6 is 15.9 Å². The fourth-order valence-electron chi connectivity index (χ4n) is 3.13. The molecule has 0 heterocycles. The van der Waals surface area contributed by atoms with Gasteiger partial charge in [0.15, 0.2) is 5.78 Å². The van der Waals surface area contributed by atoms with Crippen LogP contribution in [0.5, 0.6) is 0 Å². The number of halogens is 2. The zero-order valence-electron chi connectivity index (χ0n) is 12.4. The molecule has 20 heavy (non-hydrogen) atoms. The standard InChI is InChI=1S/C17H22BrFO/c1-17(2,3)12-6-4-11(5-7-12)16(20)14-10-13(18)8-9-15(14)19/h8-12H,4-7H2,1-3H3. The first-order valence-corrected chi connectivity index (χ1v) is 8.07. The topological polar surface area (TPSA) is 17.1 Å². The van der Waals surface area contributed by atoms with Gasteiger partial charge in [0.1, 0.15) is 5.82 Å². The van der Waals surface area contributed by atoms with E-state index in [0.717, 1.165) is 30.2 Å². The molecule has 1 saturated carbocycles. The van der Waals surface area contributed by atoms with Crippen molar-refractivity contribution >= 4 is 21.7 Å². The Morgan fingerprint density at radius 2 is 1.80 bits per heavy atom. The summed E-state index contributed by atoms with van der Waals surface area (Å²) in [7, 11) is 0. The van der Waals surface area contributed by atoms with Crippen molar-refractivity contribution in [2.24, 2.45) is 17.3 Å². The van der Waals surface area contributed by atoms with E-state index < -0.39 is 5.82 Å². The summed E-state index contributed by atoms with van der Waals surface area (Å²) in [5.74, 6) is 0.212. The molecule has 0 N–H and O–H groups in total. The zero-order valence-corrected chi connectivity index (χ0v) is 14.0. The molecule has 0 aromatic heterocycles. The molecule has 0 bridgehead atoms. The Labute approximate surface area is 129 Å². The SMILES string of the molecule is CC(C)(C)C1CCC(C(=O)c2cc(Br)ccc2F)CC1. The van der Waals surface area contributed by atoms with Crippen LogP contribution in [0.15, 0.2) is 22.7 Å². The number of hydrogen-bond acceptors (Lipinski definition) is 1. The Bertz CT molecular complexity index is 496. The highest BCUT2D eigenvalue weighted by atomic mass is 79.9. The lowest BCUT2D eigenvalue weighted by atomic mass is 9.69. The van der Waals surface area contributed by atoms with Crippen LogP contribution < -0.4 is 0 Å². The largest absolute Gasteiger partial charge is 0.294 e. The van der Waals surface area contributed by atoms with Gasteiger partial charge in [0.25, 0.3) is 0 Å². The zero-order chi connectivity index (χ0) is 14.9. The van der Waals surface area contributed by atoms with Crippen molar-refractivity contribution in [2.45, 2.75) is 46.5 Å². The molecule has 1 aromatic carbocycles. The fraction of sp³-hybridized carbons (Fsp3) is 0.588. The molecule has 0 atom stereocenters. The third kappa shape index (κ3) is 3.49. The Hall–Kier alpha value is -0.700. The molecular weight excluding hydrogens is 319 g/mol. The molecule has 1 fully saturated rings. The molecule has 1 aromatic rings. The second kappa shape index (κ2) is 5.97. The number of ketones is 1. The van der Waals surface area contributed by atoms with Gasteiger partial charge in [0.2, 0.25) is 0 Å². The highest BCUT2D eigenvalue weighted by molar-refractivity contribution is 9.10. The van der Waals surface area contributed by atoms with Gasteiger partial charge in [-0.25, -0.2) is 4.39 Å². The molecule has 1 nitrogen and oxygen atoms in total. The van der Waals surface area contributed by atoms with E-state index in [0.29, 0.717) is 11.3 Å². The van der Waals surface area contributed by atoms with Gasteiger partial charge in [-0.2, -0.15) is 0 Å². The van der Waals surface area contributed by atoms with E-state index in [2.05, 4.69) is 36.7 Å². The van der Waals surface area contributed by atoms with Gasteiger partial charge in [-0.1, -0.05) is 36.7 Å². The molecule has 0 radical (unpaired) electrons. The third-order valence-electron chi connectivity index (χ3n) is 4.52. The highest BCUT2D eigenvalue weighted by Crippen LogP contribution is 2.40. The van der Waals surface area contributed by atoms with E-state index in [9.17, 15) is 9.18 Å². The summed E-state index contributed by atoms with van der Waals surface area (Å²) in [5, 5.41) is 0. The summed E-state index contributed by atoms with van der Waals surface area (Å²) in [4.78, 5) is 12.5. The number of rotatable bonds is 2. The molecule has 0 saturated heterocycles. The van der Waals surface area contributed by atoms with Crippen molar-refractivity contribution in [3.05, 3.63) is 34.1 Å². The average molecular weight is 341 g/mol. The Balaban J connectivity index is 2.07. The molecule has 0 spiro atoms. The van der Waals surface area contributed by atoms with Gasteiger partial charge in [-0.15, -0.1) is 0 Å². The maximum absolute atomic E-state index is 13.8. The first kappa shape index (κ1) is 15.7. The molecular formula is C17H22BrFO. The Kier molecular flexibility index (Phi) is 4.68. The summed E-state index contributed by atoms with van der Waals surface area (Å²) in [6.07, 6.45) is 3.89. The second-order valence-electron chi connectivity index (χ2n) is 6.90. The van der Waals surface area contributed by atoms with E-state index in [1.807, 2.05) is 0 Å². The van der Waals surface area contributed by atoms with Crippen molar-refractivity contribution in [3.63, 3.8) is 0 Å². The summed E-state index contributed by atoms with van der Waals surface area (Å²) in [6.45, 7) is 6.77. The van der Waals surface area contributed by atoms with E-state index in [-0.39, 0.29) is 17.3 Å². The van der Waals surface area contributed by atoms with Gasteiger partial charge < -0.3 is 0 Å². The van der Waals surface area contributed by atoms with Crippen molar-refractivity contribution in [3.8, 4) is 0 Å². The highest BCUT2D eigenvalue weighted by Gasteiger charge is 2.33. The first-order valence-electron chi connectivity index (χ1n) is 7.28. The van der Waals surface area contributed by atoms with Crippen molar-refractivity contribution in [2.75, 3.05) is 0 Å². The predicted octanol–water partition coefficient (Wildman–Crippen LogP) is 5.62. The maximum Gasteiger partial charge on any atom is 0.168 e. The average Bonchev–Trinajstić information content (AvgIpc) is 2.40. The monoisotopic (exact) mass is 340 g/mol. The van der Waals surface area contributed by atoms with Crippen LogP contribution in [0.1, 0.15) is 56.8 Å². The number of carbonyl (C=O) groups excluding carboxylic acids is 1. The first-order chi connectivity index (χ1) is 9.29. The summed E-state index contributed by atoms with van der Waals surface area (Å²) < 4.78 is 14.6. The number of Topliss-reactive ketones (excluding diaryl/α,β-unsaturated/α-hetero) is 1. The van der Waals surface area contributed by atoms with Crippen LogP contribution in [0.2, 0.25) is 0 Å². The Morgan fingerprint density at radius 1 is 1.20 bits per heavy atom. The lowest BCUT2D eigenvalue weighted by molar-refractivity contribution is 0.0815. The van der Waals surface area contributed by atoms with E-state index in [4.69, 9.17) is 0 Å². The lowest BCUT2D eigenvalue weighted by Crippen LogP contribution is -2.29. The number of benzene rings is 1. The minimum Gasteiger partial charge on any atom is -0.294 e. The van der Waals surface area contributed by atoms with Crippen molar-refractivity contribution < 1.29 is 9.18 Å². The van der Waals surface area contributed by atoms with Crippen LogP contribution in [0, 0.1) is 23.1 Å². The second-order valence-corrected chi connectivity index (χ2v) is 7.82. The van der Waals surface area contributed by atoms with Crippen LogP contribution in [-0.4, -0.2) is 5.78 Å². The summed E-state index contributed by atoms with van der Waals surface area (Å²) in [6, 6.07) is 4.59. The molecule has 0 unspecified atom stereocenters. The van der Waals surface area contributed by atoms with Crippen molar-refractivity contribution in [1.29, 1.82) is 0 Å². The van der Waals surface area contributed by atoms with Gasteiger partial charge in [-0.05, 0) is 55.2 Å². The summed E-state index contributed by atoms with van der Waals surface area (Å²) >= 11 is 3.31. The van der Waals surface area contributed by atoms with Gasteiger partial charge in [0.05, 0.1) is 5.56 Å². The Morgan fingerprint density at radius 3 is 2.35 bits per heavy atom. The summed E-state index contributed by atoms with van der Waals surface area (Å²) in [5.41, 5.74) is 0.535. The molecule has 110 valence electrons. The molecule has 3 heteroatoms. The number of carbonyl (C=O) groups is 1. The molecule has 0 amide bonds.